The number of benzene rings is 2. The van der Waals surface area contributed by atoms with Crippen LogP contribution in [-0.2, 0) is 20.6 Å². The van der Waals surface area contributed by atoms with Crippen LogP contribution < -0.4 is 4.72 Å². The first-order chi connectivity index (χ1) is 11.4. The zero-order valence-corrected chi connectivity index (χ0v) is 14.7. The van der Waals surface area contributed by atoms with Crippen LogP contribution in [0.2, 0.25) is 0 Å². The summed E-state index contributed by atoms with van der Waals surface area (Å²) in [6.45, 7) is 1.68. The van der Waals surface area contributed by atoms with Crippen LogP contribution in [0, 0.1) is 18.3 Å². The van der Waals surface area contributed by atoms with Crippen LogP contribution >= 0.6 is 11.8 Å². The van der Waals surface area contributed by atoms with E-state index in [0.29, 0.717) is 16.9 Å². The minimum absolute atomic E-state index is 0.0328. The number of hydrogen-bond acceptors (Lipinski definition) is 5. The van der Waals surface area contributed by atoms with Crippen molar-refractivity contribution in [3.05, 3.63) is 65.2 Å². The second kappa shape index (κ2) is 7.99. The number of carbonyl (C=O) groups is 1. The molecule has 0 atom stereocenters. The molecule has 0 saturated carbocycles. The van der Waals surface area contributed by atoms with E-state index >= 15 is 0 Å². The van der Waals surface area contributed by atoms with Crippen molar-refractivity contribution in [3.8, 4) is 6.07 Å². The number of thioether (sulfide) groups is 1. The van der Waals surface area contributed by atoms with E-state index in [0.717, 1.165) is 5.56 Å². The van der Waals surface area contributed by atoms with E-state index in [9.17, 15) is 13.2 Å². The fourth-order valence-electron chi connectivity index (χ4n) is 2.03. The normalized spacial score (nSPS) is 10.8. The zero-order chi connectivity index (χ0) is 17.6. The maximum atomic E-state index is 12.2. The average molecular weight is 360 g/mol. The first kappa shape index (κ1) is 18.0. The lowest BCUT2D eigenvalue weighted by Gasteiger charge is -2.09. The lowest BCUT2D eigenvalue weighted by Crippen LogP contribution is -2.32. The third-order valence-corrected chi connectivity index (χ3v) is 5.75. The van der Waals surface area contributed by atoms with E-state index < -0.39 is 15.9 Å². The fourth-order valence-corrected chi connectivity index (χ4v) is 4.14. The molecule has 124 valence electrons. The highest BCUT2D eigenvalue weighted by molar-refractivity contribution is 7.99. The molecule has 1 N–H and O–H groups in total. The number of rotatable bonds is 6. The van der Waals surface area contributed by atoms with E-state index in [1.165, 1.54) is 17.8 Å². The first-order valence-corrected chi connectivity index (χ1v) is 9.74. The van der Waals surface area contributed by atoms with Crippen molar-refractivity contribution in [2.75, 3.05) is 5.75 Å². The van der Waals surface area contributed by atoms with Crippen LogP contribution in [0.1, 0.15) is 16.7 Å². The molecule has 0 aliphatic rings. The van der Waals surface area contributed by atoms with Crippen LogP contribution in [0.3, 0.4) is 0 Å². The summed E-state index contributed by atoms with van der Waals surface area (Å²) in [6, 6.07) is 15.6. The summed E-state index contributed by atoms with van der Waals surface area (Å²) in [5.41, 5.74) is 2.13. The lowest BCUT2D eigenvalue weighted by atomic mass is 10.2. The van der Waals surface area contributed by atoms with E-state index in [1.54, 1.807) is 37.3 Å². The van der Waals surface area contributed by atoms with Gasteiger partial charge in [0.25, 0.3) is 10.0 Å². The Balaban J connectivity index is 1.89. The van der Waals surface area contributed by atoms with Crippen LogP contribution in [-0.4, -0.2) is 20.1 Å². The molecule has 2 aromatic rings. The van der Waals surface area contributed by atoms with Crippen LogP contribution in [0.5, 0.6) is 0 Å². The number of amides is 1. The highest BCUT2D eigenvalue weighted by Gasteiger charge is 2.19. The Labute approximate surface area is 145 Å². The third-order valence-electron chi connectivity index (χ3n) is 3.22. The molecular weight excluding hydrogens is 344 g/mol. The second-order valence-electron chi connectivity index (χ2n) is 5.10. The minimum Gasteiger partial charge on any atom is -0.273 e. The number of aryl methyl sites for hydroxylation is 1. The van der Waals surface area contributed by atoms with Gasteiger partial charge in [0.1, 0.15) is 0 Å². The zero-order valence-electron chi connectivity index (χ0n) is 13.0. The molecule has 0 aliphatic heterocycles. The Morgan fingerprint density at radius 3 is 2.46 bits per heavy atom. The third kappa shape index (κ3) is 4.85. The Kier molecular flexibility index (Phi) is 6.01. The van der Waals surface area contributed by atoms with Gasteiger partial charge in [0.2, 0.25) is 5.91 Å². The summed E-state index contributed by atoms with van der Waals surface area (Å²) in [7, 11) is -3.84. The molecule has 0 aromatic heterocycles. The maximum Gasteiger partial charge on any atom is 0.264 e. The predicted molar refractivity (Wildman–Crippen MR) is 93.8 cm³/mol. The minimum atomic E-state index is -3.84. The highest BCUT2D eigenvalue weighted by atomic mass is 32.2. The van der Waals surface area contributed by atoms with Crippen LogP contribution in [0.25, 0.3) is 0 Å². The SMILES string of the molecule is Cc1ccccc1S(=O)(=O)NC(=O)CSCc1ccc(C#N)cc1. The van der Waals surface area contributed by atoms with E-state index in [1.807, 2.05) is 18.2 Å². The van der Waals surface area contributed by atoms with E-state index in [2.05, 4.69) is 4.72 Å². The lowest BCUT2D eigenvalue weighted by molar-refractivity contribution is -0.116. The van der Waals surface area contributed by atoms with Gasteiger partial charge in [-0.1, -0.05) is 30.3 Å². The van der Waals surface area contributed by atoms with Gasteiger partial charge in [-0.05, 0) is 36.2 Å². The maximum absolute atomic E-state index is 12.2. The van der Waals surface area contributed by atoms with E-state index in [4.69, 9.17) is 5.26 Å². The Morgan fingerprint density at radius 1 is 1.17 bits per heavy atom. The number of carbonyl (C=O) groups excluding carboxylic acids is 1. The average Bonchev–Trinajstić information content (AvgIpc) is 2.55. The van der Waals surface area contributed by atoms with Crippen molar-refractivity contribution in [2.24, 2.45) is 0 Å². The summed E-state index contributed by atoms with van der Waals surface area (Å²) in [6.07, 6.45) is 0. The van der Waals surface area contributed by atoms with Gasteiger partial charge >= 0.3 is 0 Å². The molecule has 0 radical (unpaired) electrons. The van der Waals surface area contributed by atoms with Gasteiger partial charge in [0.05, 0.1) is 22.3 Å². The number of nitrogens with one attached hydrogen (secondary N) is 1. The van der Waals surface area contributed by atoms with Gasteiger partial charge < -0.3 is 0 Å². The smallest absolute Gasteiger partial charge is 0.264 e. The molecule has 0 unspecified atom stereocenters. The fraction of sp³-hybridized carbons (Fsp3) is 0.176. The van der Waals surface area contributed by atoms with Gasteiger partial charge in [-0.25, -0.2) is 13.1 Å². The van der Waals surface area contributed by atoms with E-state index in [-0.39, 0.29) is 10.6 Å². The molecule has 0 aliphatic carbocycles. The monoisotopic (exact) mass is 360 g/mol. The Bertz CT molecular complexity index is 869. The molecule has 2 rings (SSSR count). The number of sulfonamides is 1. The highest BCUT2D eigenvalue weighted by Crippen LogP contribution is 2.15. The Morgan fingerprint density at radius 2 is 1.83 bits per heavy atom. The second-order valence-corrected chi connectivity index (χ2v) is 7.73. The van der Waals surface area contributed by atoms with Crippen molar-refractivity contribution in [1.82, 2.24) is 4.72 Å². The van der Waals surface area contributed by atoms with Gasteiger partial charge in [-0.15, -0.1) is 11.8 Å². The molecule has 2 aromatic carbocycles. The molecule has 0 fully saturated rings. The molecule has 7 heteroatoms. The van der Waals surface area contributed by atoms with Crippen molar-refractivity contribution >= 4 is 27.7 Å². The van der Waals surface area contributed by atoms with Gasteiger partial charge in [0, 0.05) is 5.75 Å². The summed E-state index contributed by atoms with van der Waals surface area (Å²) < 4.78 is 26.5. The predicted octanol–water partition coefficient (Wildman–Crippen LogP) is 2.61. The molecule has 24 heavy (non-hydrogen) atoms. The molecular formula is C17H16N2O3S2. The van der Waals surface area contributed by atoms with Gasteiger partial charge in [-0.2, -0.15) is 5.26 Å². The quantitative estimate of drug-likeness (QED) is 0.855. The molecule has 5 nitrogen and oxygen atoms in total. The molecule has 1 amide bonds. The van der Waals surface area contributed by atoms with Gasteiger partial charge in [-0.3, -0.25) is 4.79 Å². The molecule has 0 heterocycles. The van der Waals surface area contributed by atoms with Gasteiger partial charge in [0.15, 0.2) is 0 Å². The number of nitrogens with zero attached hydrogens (tertiary/aromatic N) is 1. The summed E-state index contributed by atoms with van der Waals surface area (Å²) in [5, 5.41) is 8.73. The summed E-state index contributed by atoms with van der Waals surface area (Å²) in [5.74, 6) is 0.0335. The largest absolute Gasteiger partial charge is 0.273 e. The van der Waals surface area contributed by atoms with Crippen LogP contribution in [0.15, 0.2) is 53.4 Å². The molecule has 0 saturated heterocycles. The van der Waals surface area contributed by atoms with Crippen molar-refractivity contribution in [1.29, 1.82) is 5.26 Å². The number of hydrogen-bond donors (Lipinski definition) is 1. The number of nitriles is 1. The van der Waals surface area contributed by atoms with Crippen molar-refractivity contribution < 1.29 is 13.2 Å². The standard InChI is InChI=1S/C17H16N2O3S2/c1-13-4-2-3-5-16(13)24(21,22)19-17(20)12-23-11-15-8-6-14(10-18)7-9-15/h2-9H,11-12H2,1H3,(H,19,20). The van der Waals surface area contributed by atoms with Crippen LogP contribution in [0.4, 0.5) is 0 Å². The Hall–Kier alpha value is -2.30. The van der Waals surface area contributed by atoms with Crippen molar-refractivity contribution in [2.45, 2.75) is 17.6 Å². The van der Waals surface area contributed by atoms with Crippen molar-refractivity contribution in [3.63, 3.8) is 0 Å². The topological polar surface area (TPSA) is 87.0 Å². The molecule has 0 bridgehead atoms. The summed E-state index contributed by atoms with van der Waals surface area (Å²) in [4.78, 5) is 12.0. The summed E-state index contributed by atoms with van der Waals surface area (Å²) >= 11 is 1.31. The molecule has 0 spiro atoms. The first-order valence-electron chi connectivity index (χ1n) is 7.10.